The maximum Gasteiger partial charge on any atom is 0.255 e. The third-order valence-corrected chi connectivity index (χ3v) is 6.92. The number of nitrogens with one attached hydrogen (secondary N) is 1. The van der Waals surface area contributed by atoms with E-state index in [1.54, 1.807) is 36.6 Å². The minimum atomic E-state index is -0.167. The average molecular weight is 495 g/mol. The number of thiazole rings is 1. The van der Waals surface area contributed by atoms with E-state index in [9.17, 15) is 4.79 Å². The molecule has 0 saturated carbocycles. The first-order chi connectivity index (χ1) is 16.3. The maximum absolute atomic E-state index is 12.8. The molecule has 1 heterocycles. The van der Waals surface area contributed by atoms with E-state index in [1.165, 1.54) is 0 Å². The van der Waals surface area contributed by atoms with E-state index in [1.807, 2.05) is 49.5 Å². The van der Waals surface area contributed by atoms with Crippen molar-refractivity contribution in [1.29, 1.82) is 0 Å². The molecule has 0 fully saturated rings. The molecule has 0 bridgehead atoms. The number of carbonyl (C=O) groups excluding carboxylic acids is 1. The molecule has 34 heavy (non-hydrogen) atoms. The quantitative estimate of drug-likeness (QED) is 0.331. The van der Waals surface area contributed by atoms with Gasteiger partial charge >= 0.3 is 0 Å². The Morgan fingerprint density at radius 2 is 1.79 bits per heavy atom. The van der Waals surface area contributed by atoms with Gasteiger partial charge in [-0.1, -0.05) is 35.1 Å². The number of anilines is 2. The SMILES string of the molecule is COc1ccc(-c2ccc(C(=O)Nc3ccc4nc(N(C)CCN(C)C)sc4c3)cc2)c(Cl)c1. The van der Waals surface area contributed by atoms with Crippen molar-refractivity contribution in [2.45, 2.75) is 0 Å². The zero-order chi connectivity index (χ0) is 24.2. The second-order valence-corrected chi connectivity index (χ2v) is 9.70. The molecule has 8 heteroatoms. The van der Waals surface area contributed by atoms with Crippen molar-refractivity contribution < 1.29 is 9.53 Å². The van der Waals surface area contributed by atoms with E-state index >= 15 is 0 Å². The third-order valence-electron chi connectivity index (χ3n) is 5.48. The number of fused-ring (bicyclic) bond motifs is 1. The van der Waals surface area contributed by atoms with Crippen molar-refractivity contribution in [3.05, 3.63) is 71.2 Å². The molecule has 0 atom stereocenters. The first-order valence-corrected chi connectivity index (χ1v) is 12.1. The van der Waals surface area contributed by atoms with Crippen LogP contribution in [0, 0.1) is 0 Å². The smallest absolute Gasteiger partial charge is 0.255 e. The number of hydrogen-bond donors (Lipinski definition) is 1. The van der Waals surface area contributed by atoms with Gasteiger partial charge in [0.15, 0.2) is 5.13 Å². The maximum atomic E-state index is 12.8. The second-order valence-electron chi connectivity index (χ2n) is 8.28. The highest BCUT2D eigenvalue weighted by Crippen LogP contribution is 2.32. The van der Waals surface area contributed by atoms with Gasteiger partial charge in [0.25, 0.3) is 5.91 Å². The van der Waals surface area contributed by atoms with Gasteiger partial charge in [0.05, 0.1) is 22.3 Å². The summed E-state index contributed by atoms with van der Waals surface area (Å²) >= 11 is 8.01. The van der Waals surface area contributed by atoms with Gasteiger partial charge in [-0.25, -0.2) is 4.98 Å². The summed E-state index contributed by atoms with van der Waals surface area (Å²) < 4.78 is 6.24. The molecule has 0 aliphatic rings. The number of benzene rings is 3. The topological polar surface area (TPSA) is 57.7 Å². The number of nitrogens with zero attached hydrogens (tertiary/aromatic N) is 3. The summed E-state index contributed by atoms with van der Waals surface area (Å²) in [5.74, 6) is 0.537. The van der Waals surface area contributed by atoms with Gasteiger partial charge in [-0.2, -0.15) is 0 Å². The van der Waals surface area contributed by atoms with Gasteiger partial charge in [-0.3, -0.25) is 4.79 Å². The Hall–Kier alpha value is -3.13. The fourth-order valence-corrected chi connectivity index (χ4v) is 4.73. The number of amides is 1. The molecule has 0 spiro atoms. The molecule has 0 saturated heterocycles. The fourth-order valence-electron chi connectivity index (χ4n) is 3.46. The van der Waals surface area contributed by atoms with Gasteiger partial charge in [0, 0.05) is 37.0 Å². The third kappa shape index (κ3) is 5.50. The van der Waals surface area contributed by atoms with Crippen molar-refractivity contribution in [3.63, 3.8) is 0 Å². The average Bonchev–Trinajstić information content (AvgIpc) is 3.26. The number of methoxy groups -OCH3 is 1. The van der Waals surface area contributed by atoms with Crippen LogP contribution in [0.2, 0.25) is 5.02 Å². The molecule has 6 nitrogen and oxygen atoms in total. The van der Waals surface area contributed by atoms with Crippen molar-refractivity contribution in [2.24, 2.45) is 0 Å². The lowest BCUT2D eigenvalue weighted by Gasteiger charge is -2.18. The monoisotopic (exact) mass is 494 g/mol. The summed E-state index contributed by atoms with van der Waals surface area (Å²) in [5.41, 5.74) is 4.06. The number of likely N-dealkylation sites (N-methyl/N-ethyl adjacent to an activating group) is 2. The van der Waals surface area contributed by atoms with Crippen LogP contribution in [0.25, 0.3) is 21.3 Å². The Morgan fingerprint density at radius 1 is 1.03 bits per heavy atom. The molecule has 4 rings (SSSR count). The Balaban J connectivity index is 1.46. The van der Waals surface area contributed by atoms with Crippen LogP contribution in [-0.4, -0.2) is 57.1 Å². The summed E-state index contributed by atoms with van der Waals surface area (Å²) in [6, 6.07) is 18.7. The lowest BCUT2D eigenvalue weighted by atomic mass is 10.0. The standard InChI is InChI=1S/C26H27ClN4O2S/c1-30(2)13-14-31(3)26-29-23-12-9-19(15-24(23)34-26)28-25(32)18-7-5-17(6-8-18)21-11-10-20(33-4)16-22(21)27/h5-12,15-16H,13-14H2,1-4H3,(H,28,32). The fraction of sp³-hybridized carbons (Fsp3) is 0.231. The molecule has 0 unspecified atom stereocenters. The van der Waals surface area contributed by atoms with Crippen LogP contribution in [0.1, 0.15) is 10.4 Å². The van der Waals surface area contributed by atoms with E-state index < -0.39 is 0 Å². The van der Waals surface area contributed by atoms with Crippen LogP contribution >= 0.6 is 22.9 Å². The second kappa shape index (κ2) is 10.4. The molecule has 0 aliphatic heterocycles. The van der Waals surface area contributed by atoms with Crippen LogP contribution in [0.4, 0.5) is 10.8 Å². The van der Waals surface area contributed by atoms with Crippen LogP contribution in [-0.2, 0) is 0 Å². The molecule has 1 aromatic heterocycles. The molecule has 176 valence electrons. The lowest BCUT2D eigenvalue weighted by Crippen LogP contribution is -2.28. The number of aromatic nitrogens is 1. The Morgan fingerprint density at radius 3 is 2.47 bits per heavy atom. The zero-order valence-corrected chi connectivity index (χ0v) is 21.2. The van der Waals surface area contributed by atoms with Crippen molar-refractivity contribution >= 4 is 49.9 Å². The number of halogens is 1. The van der Waals surface area contributed by atoms with Gasteiger partial charge in [0.1, 0.15) is 5.75 Å². The van der Waals surface area contributed by atoms with E-state index in [2.05, 4.69) is 29.2 Å². The molecule has 3 aromatic carbocycles. The molecule has 0 radical (unpaired) electrons. The molecular formula is C26H27ClN4O2S. The van der Waals surface area contributed by atoms with Crippen LogP contribution in [0.3, 0.4) is 0 Å². The largest absolute Gasteiger partial charge is 0.497 e. The van der Waals surface area contributed by atoms with E-state index in [0.717, 1.165) is 45.3 Å². The lowest BCUT2D eigenvalue weighted by molar-refractivity contribution is 0.102. The van der Waals surface area contributed by atoms with Crippen molar-refractivity contribution in [3.8, 4) is 16.9 Å². The molecular weight excluding hydrogens is 468 g/mol. The minimum Gasteiger partial charge on any atom is -0.497 e. The summed E-state index contributed by atoms with van der Waals surface area (Å²) in [6.07, 6.45) is 0. The van der Waals surface area contributed by atoms with Gasteiger partial charge < -0.3 is 19.9 Å². The molecule has 0 aliphatic carbocycles. The van der Waals surface area contributed by atoms with Crippen molar-refractivity contribution in [2.75, 3.05) is 51.6 Å². The van der Waals surface area contributed by atoms with E-state index in [0.29, 0.717) is 16.3 Å². The Kier molecular flexibility index (Phi) is 7.36. The Bertz CT molecular complexity index is 1300. The van der Waals surface area contributed by atoms with Crippen molar-refractivity contribution in [1.82, 2.24) is 9.88 Å². The molecule has 1 amide bonds. The normalized spacial score (nSPS) is 11.1. The summed E-state index contributed by atoms with van der Waals surface area (Å²) in [7, 11) is 7.77. The summed E-state index contributed by atoms with van der Waals surface area (Å²) in [4.78, 5) is 21.9. The predicted octanol–water partition coefficient (Wildman–Crippen LogP) is 5.88. The zero-order valence-electron chi connectivity index (χ0n) is 19.6. The summed E-state index contributed by atoms with van der Waals surface area (Å²) in [5, 5.41) is 4.56. The number of carbonyl (C=O) groups is 1. The van der Waals surface area contributed by atoms with Gasteiger partial charge in [0.2, 0.25) is 0 Å². The number of hydrogen-bond acceptors (Lipinski definition) is 6. The molecule has 1 N–H and O–H groups in total. The number of ether oxygens (including phenoxy) is 1. The molecule has 4 aromatic rings. The highest BCUT2D eigenvalue weighted by atomic mass is 35.5. The van der Waals surface area contributed by atoms with E-state index in [-0.39, 0.29) is 5.91 Å². The minimum absolute atomic E-state index is 0.167. The predicted molar refractivity (Wildman–Crippen MR) is 143 cm³/mol. The highest BCUT2D eigenvalue weighted by Gasteiger charge is 2.12. The number of rotatable bonds is 8. The highest BCUT2D eigenvalue weighted by molar-refractivity contribution is 7.22. The van der Waals surface area contributed by atoms with Crippen LogP contribution in [0.15, 0.2) is 60.7 Å². The summed E-state index contributed by atoms with van der Waals surface area (Å²) in [6.45, 7) is 1.85. The van der Waals surface area contributed by atoms with Crippen LogP contribution in [0.5, 0.6) is 5.75 Å². The van der Waals surface area contributed by atoms with E-state index in [4.69, 9.17) is 21.3 Å². The Labute approximate surface area is 208 Å². The first kappa shape index (κ1) is 24.0. The van der Waals surface area contributed by atoms with Gasteiger partial charge in [-0.05, 0) is 68.2 Å². The van der Waals surface area contributed by atoms with Gasteiger partial charge in [-0.15, -0.1) is 0 Å². The van der Waals surface area contributed by atoms with Crippen LogP contribution < -0.4 is 15.0 Å². The first-order valence-electron chi connectivity index (χ1n) is 10.9.